The highest BCUT2D eigenvalue weighted by atomic mass is 16.3. The van der Waals surface area contributed by atoms with Crippen molar-refractivity contribution in [3.63, 3.8) is 0 Å². The van der Waals surface area contributed by atoms with E-state index >= 15 is 0 Å². The number of nitrogens with zero attached hydrogens (tertiary/aromatic N) is 3. The van der Waals surface area contributed by atoms with Gasteiger partial charge in [-0.3, -0.25) is 0 Å². The van der Waals surface area contributed by atoms with Crippen LogP contribution in [0.4, 0.5) is 0 Å². The van der Waals surface area contributed by atoms with E-state index in [2.05, 4.69) is 29.5 Å². The lowest BCUT2D eigenvalue weighted by molar-refractivity contribution is -0.0242. The summed E-state index contributed by atoms with van der Waals surface area (Å²) in [4.78, 5) is 6.94. The number of fused-ring (bicyclic) bond motifs is 1. The zero-order valence-electron chi connectivity index (χ0n) is 12.3. The van der Waals surface area contributed by atoms with E-state index in [4.69, 9.17) is 4.98 Å². The molecule has 20 heavy (non-hydrogen) atoms. The van der Waals surface area contributed by atoms with Crippen LogP contribution in [0.15, 0.2) is 24.3 Å². The van der Waals surface area contributed by atoms with Crippen molar-refractivity contribution in [1.29, 1.82) is 0 Å². The highest BCUT2D eigenvalue weighted by Gasteiger charge is 2.33. The number of β-amino-alcohol motifs (C(OH)–C–C–N with tert-alkyl or cyclic N) is 1. The molecule has 4 nitrogen and oxygen atoms in total. The number of likely N-dealkylation sites (tertiary alicyclic amines) is 1. The summed E-state index contributed by atoms with van der Waals surface area (Å²) in [5, 5.41) is 10.8. The summed E-state index contributed by atoms with van der Waals surface area (Å²) in [6, 6.07) is 8.21. The summed E-state index contributed by atoms with van der Waals surface area (Å²) in [5.41, 5.74) is 1.55. The van der Waals surface area contributed by atoms with Gasteiger partial charge in [0.15, 0.2) is 0 Å². The molecule has 0 bridgehead atoms. The second-order valence-corrected chi connectivity index (χ2v) is 6.00. The quantitative estimate of drug-likeness (QED) is 0.930. The maximum atomic E-state index is 10.8. The fourth-order valence-electron chi connectivity index (χ4n) is 3.39. The Labute approximate surface area is 120 Å². The highest BCUT2D eigenvalue weighted by Crippen LogP contribution is 2.26. The molecule has 1 saturated heterocycles. The number of aromatic nitrogens is 2. The SMILES string of the molecule is CCn1c(CC2(O)CCCN(C)C2)nc2ccccc21. The Balaban J connectivity index is 1.94. The summed E-state index contributed by atoms with van der Waals surface area (Å²) in [7, 11) is 2.08. The van der Waals surface area contributed by atoms with Crippen LogP contribution in [0.5, 0.6) is 0 Å². The van der Waals surface area contributed by atoms with Crippen LogP contribution in [0.1, 0.15) is 25.6 Å². The maximum absolute atomic E-state index is 10.8. The number of para-hydroxylation sites is 2. The summed E-state index contributed by atoms with van der Waals surface area (Å²) >= 11 is 0. The first kappa shape index (κ1) is 13.6. The summed E-state index contributed by atoms with van der Waals surface area (Å²) < 4.78 is 2.22. The molecule has 0 saturated carbocycles. The number of benzene rings is 1. The van der Waals surface area contributed by atoms with Crippen LogP contribution in [0.3, 0.4) is 0 Å². The number of piperidine rings is 1. The highest BCUT2D eigenvalue weighted by molar-refractivity contribution is 5.75. The molecule has 0 amide bonds. The zero-order chi connectivity index (χ0) is 14.2. The molecule has 1 N–H and O–H groups in total. The van der Waals surface area contributed by atoms with Gasteiger partial charge < -0.3 is 14.6 Å². The van der Waals surface area contributed by atoms with Crippen LogP contribution in [-0.2, 0) is 13.0 Å². The van der Waals surface area contributed by atoms with Crippen molar-refractivity contribution in [2.45, 2.75) is 38.3 Å². The first-order chi connectivity index (χ1) is 9.61. The van der Waals surface area contributed by atoms with Gasteiger partial charge in [0.1, 0.15) is 5.82 Å². The number of rotatable bonds is 3. The molecule has 2 heterocycles. The van der Waals surface area contributed by atoms with Gasteiger partial charge >= 0.3 is 0 Å². The Morgan fingerprint density at radius 3 is 2.90 bits per heavy atom. The topological polar surface area (TPSA) is 41.3 Å². The normalized spacial score (nSPS) is 24.4. The standard InChI is InChI=1S/C16H23N3O/c1-3-19-14-8-5-4-7-13(14)17-15(19)11-16(20)9-6-10-18(2)12-16/h4-5,7-8,20H,3,6,9-12H2,1-2H3. The third-order valence-electron chi connectivity index (χ3n) is 4.28. The van der Waals surface area contributed by atoms with Gasteiger partial charge in [0.2, 0.25) is 0 Å². The molecule has 1 fully saturated rings. The monoisotopic (exact) mass is 273 g/mol. The third-order valence-corrected chi connectivity index (χ3v) is 4.28. The summed E-state index contributed by atoms with van der Waals surface area (Å²) in [6.07, 6.45) is 2.56. The molecule has 1 atom stereocenters. The van der Waals surface area contributed by atoms with Crippen molar-refractivity contribution in [1.82, 2.24) is 14.5 Å². The number of aliphatic hydroxyl groups is 1. The lowest BCUT2D eigenvalue weighted by Crippen LogP contribution is -2.48. The van der Waals surface area contributed by atoms with Crippen molar-refractivity contribution in [3.8, 4) is 0 Å². The molecule has 1 aliphatic rings. The van der Waals surface area contributed by atoms with E-state index in [0.29, 0.717) is 6.42 Å². The smallest absolute Gasteiger partial charge is 0.112 e. The Hall–Kier alpha value is -1.39. The van der Waals surface area contributed by atoms with Gasteiger partial charge in [-0.15, -0.1) is 0 Å². The summed E-state index contributed by atoms with van der Waals surface area (Å²) in [5.74, 6) is 1.01. The Morgan fingerprint density at radius 2 is 2.15 bits per heavy atom. The minimum absolute atomic E-state index is 0.638. The average molecular weight is 273 g/mol. The Morgan fingerprint density at radius 1 is 1.35 bits per heavy atom. The lowest BCUT2D eigenvalue weighted by Gasteiger charge is -2.37. The number of hydrogen-bond donors (Lipinski definition) is 1. The van der Waals surface area contributed by atoms with Crippen LogP contribution in [0.2, 0.25) is 0 Å². The predicted molar refractivity (Wildman–Crippen MR) is 80.8 cm³/mol. The molecule has 0 radical (unpaired) electrons. The van der Waals surface area contributed by atoms with Crippen molar-refractivity contribution in [2.24, 2.45) is 0 Å². The third kappa shape index (κ3) is 2.45. The van der Waals surface area contributed by atoms with Gasteiger partial charge in [-0.25, -0.2) is 4.98 Å². The van der Waals surface area contributed by atoms with Crippen LogP contribution in [-0.4, -0.2) is 45.3 Å². The first-order valence-electron chi connectivity index (χ1n) is 7.46. The van der Waals surface area contributed by atoms with Gasteiger partial charge in [-0.1, -0.05) is 12.1 Å². The second-order valence-electron chi connectivity index (χ2n) is 6.00. The maximum Gasteiger partial charge on any atom is 0.112 e. The Bertz CT molecular complexity index is 607. The first-order valence-corrected chi connectivity index (χ1v) is 7.46. The molecule has 1 aliphatic heterocycles. The van der Waals surface area contributed by atoms with Crippen LogP contribution in [0, 0.1) is 0 Å². The van der Waals surface area contributed by atoms with Crippen molar-refractivity contribution in [2.75, 3.05) is 20.1 Å². The average Bonchev–Trinajstić information content (AvgIpc) is 2.74. The van der Waals surface area contributed by atoms with Gasteiger partial charge in [-0.2, -0.15) is 0 Å². The number of likely N-dealkylation sites (N-methyl/N-ethyl adjacent to an activating group) is 1. The second kappa shape index (κ2) is 5.19. The van der Waals surface area contributed by atoms with Crippen LogP contribution < -0.4 is 0 Å². The molecule has 108 valence electrons. The van der Waals surface area contributed by atoms with Gasteiger partial charge in [0.05, 0.1) is 16.6 Å². The molecule has 1 unspecified atom stereocenters. The van der Waals surface area contributed by atoms with E-state index in [-0.39, 0.29) is 0 Å². The van der Waals surface area contributed by atoms with Crippen LogP contribution in [0.25, 0.3) is 11.0 Å². The molecular weight excluding hydrogens is 250 g/mol. The number of aryl methyl sites for hydroxylation is 1. The molecule has 4 heteroatoms. The van der Waals surface area contributed by atoms with E-state index < -0.39 is 5.60 Å². The fraction of sp³-hybridized carbons (Fsp3) is 0.562. The molecule has 3 rings (SSSR count). The van der Waals surface area contributed by atoms with E-state index in [0.717, 1.165) is 49.3 Å². The molecule has 2 aromatic rings. The van der Waals surface area contributed by atoms with E-state index in [1.807, 2.05) is 18.2 Å². The molecular formula is C16H23N3O. The molecule has 0 spiro atoms. The molecule has 0 aliphatic carbocycles. The number of imidazole rings is 1. The van der Waals surface area contributed by atoms with Gasteiger partial charge in [0.25, 0.3) is 0 Å². The van der Waals surface area contributed by atoms with Crippen molar-refractivity contribution in [3.05, 3.63) is 30.1 Å². The Kier molecular flexibility index (Phi) is 3.52. The minimum atomic E-state index is -0.638. The lowest BCUT2D eigenvalue weighted by atomic mass is 9.89. The number of hydrogen-bond acceptors (Lipinski definition) is 3. The fourth-order valence-corrected chi connectivity index (χ4v) is 3.39. The van der Waals surface area contributed by atoms with Gasteiger partial charge in [-0.05, 0) is 45.5 Å². The zero-order valence-corrected chi connectivity index (χ0v) is 12.3. The van der Waals surface area contributed by atoms with E-state index in [1.165, 1.54) is 0 Å². The van der Waals surface area contributed by atoms with Crippen LogP contribution >= 0.6 is 0 Å². The van der Waals surface area contributed by atoms with E-state index in [1.54, 1.807) is 0 Å². The molecule has 1 aromatic heterocycles. The minimum Gasteiger partial charge on any atom is -0.388 e. The largest absolute Gasteiger partial charge is 0.388 e. The van der Waals surface area contributed by atoms with E-state index in [9.17, 15) is 5.11 Å². The summed E-state index contributed by atoms with van der Waals surface area (Å²) in [6.45, 7) is 4.84. The van der Waals surface area contributed by atoms with Crippen molar-refractivity contribution < 1.29 is 5.11 Å². The van der Waals surface area contributed by atoms with Crippen molar-refractivity contribution >= 4 is 11.0 Å². The molecule has 1 aromatic carbocycles. The predicted octanol–water partition coefficient (Wildman–Crippen LogP) is 2.06. The van der Waals surface area contributed by atoms with Gasteiger partial charge in [0, 0.05) is 19.5 Å².